The third-order valence-corrected chi connectivity index (χ3v) is 4.85. The first-order valence-electron chi connectivity index (χ1n) is 5.33. The summed E-state index contributed by atoms with van der Waals surface area (Å²) < 4.78 is 26.1. The van der Waals surface area contributed by atoms with Crippen LogP contribution in [0.3, 0.4) is 0 Å². The Bertz CT molecular complexity index is 450. The Balaban J connectivity index is 3.12. The predicted molar refractivity (Wildman–Crippen MR) is 70.3 cm³/mol. The van der Waals surface area contributed by atoms with Crippen molar-refractivity contribution in [3.05, 3.63) is 18.2 Å². The maximum atomic E-state index is 12.6. The molecule has 0 atom stereocenters. The molecule has 0 aliphatic heterocycles. The summed E-state index contributed by atoms with van der Waals surface area (Å²) in [5, 5.41) is 9.72. The van der Waals surface area contributed by atoms with Gasteiger partial charge in [0.25, 0.3) is 0 Å². The van der Waals surface area contributed by atoms with Crippen LogP contribution in [-0.2, 0) is 4.57 Å². The molecule has 0 saturated carbocycles. The van der Waals surface area contributed by atoms with Crippen molar-refractivity contribution < 1.29 is 18.9 Å². The summed E-state index contributed by atoms with van der Waals surface area (Å²) in [6, 6.07) is 4.53. The highest BCUT2D eigenvalue weighted by atomic mass is 31.2. The number of phenols is 1. The molecule has 1 N–H and O–H groups in total. The molecule has 1 aromatic carbocycles. The number of methoxy groups -OCH3 is 1. The summed E-state index contributed by atoms with van der Waals surface area (Å²) in [6.07, 6.45) is 0. The van der Waals surface area contributed by atoms with E-state index in [-0.39, 0.29) is 11.5 Å². The van der Waals surface area contributed by atoms with Crippen LogP contribution < -0.4 is 9.26 Å². The van der Waals surface area contributed by atoms with Gasteiger partial charge in [0.15, 0.2) is 11.5 Å². The zero-order valence-corrected chi connectivity index (χ0v) is 12.1. The predicted octanol–water partition coefficient (Wildman–Crippen LogP) is 2.01. The molecule has 1 rings (SSSR count). The van der Waals surface area contributed by atoms with Gasteiger partial charge in [-0.05, 0) is 40.3 Å². The molecule has 0 heterocycles. The molecule has 7 heteroatoms. The van der Waals surface area contributed by atoms with Gasteiger partial charge in [-0.3, -0.25) is 0 Å². The topological polar surface area (TPSA) is 62.2 Å². The van der Waals surface area contributed by atoms with Crippen LogP contribution in [0.5, 0.6) is 17.2 Å². The van der Waals surface area contributed by atoms with Crippen molar-refractivity contribution in [3.8, 4) is 17.2 Å². The molecule has 0 fully saturated rings. The first-order valence-corrected chi connectivity index (χ1v) is 6.86. The van der Waals surface area contributed by atoms with Crippen molar-refractivity contribution in [2.75, 3.05) is 35.3 Å². The summed E-state index contributed by atoms with van der Waals surface area (Å²) in [6.45, 7) is 0. The molecular formula is C11H19N2O4P. The summed E-state index contributed by atoms with van der Waals surface area (Å²) in [5.74, 6) is 0.562. The Hall–Kier alpha value is -1.23. The maximum Gasteiger partial charge on any atom is 0.394 e. The fourth-order valence-corrected chi connectivity index (χ4v) is 2.79. The molecule has 0 bridgehead atoms. The van der Waals surface area contributed by atoms with Crippen LogP contribution in [0.1, 0.15) is 0 Å². The molecule has 18 heavy (non-hydrogen) atoms. The van der Waals surface area contributed by atoms with Gasteiger partial charge in [0.1, 0.15) is 5.75 Å². The molecule has 0 amide bonds. The number of hydrogen-bond donors (Lipinski definition) is 1. The number of rotatable bonds is 5. The number of ether oxygens (including phenoxy) is 1. The largest absolute Gasteiger partial charge is 0.504 e. The van der Waals surface area contributed by atoms with Crippen LogP contribution in [0.15, 0.2) is 18.2 Å². The zero-order valence-electron chi connectivity index (χ0n) is 11.2. The minimum Gasteiger partial charge on any atom is -0.504 e. The van der Waals surface area contributed by atoms with E-state index in [2.05, 4.69) is 0 Å². The SMILES string of the molecule is COc1ccc(O)c(OP(=O)(N(C)C)N(C)C)c1. The summed E-state index contributed by atoms with van der Waals surface area (Å²) in [4.78, 5) is 0. The van der Waals surface area contributed by atoms with Crippen molar-refractivity contribution >= 4 is 7.67 Å². The smallest absolute Gasteiger partial charge is 0.394 e. The molecule has 0 aliphatic carbocycles. The van der Waals surface area contributed by atoms with Gasteiger partial charge >= 0.3 is 7.67 Å². The van der Waals surface area contributed by atoms with Gasteiger partial charge in [0.05, 0.1) is 7.11 Å². The van der Waals surface area contributed by atoms with E-state index in [1.54, 1.807) is 34.3 Å². The lowest BCUT2D eigenvalue weighted by molar-refractivity contribution is 0.341. The summed E-state index contributed by atoms with van der Waals surface area (Å²) >= 11 is 0. The van der Waals surface area contributed by atoms with Gasteiger partial charge in [0, 0.05) is 6.07 Å². The van der Waals surface area contributed by atoms with Crippen LogP contribution >= 0.6 is 7.67 Å². The Morgan fingerprint density at radius 3 is 2.17 bits per heavy atom. The van der Waals surface area contributed by atoms with E-state index in [1.807, 2.05) is 0 Å². The monoisotopic (exact) mass is 274 g/mol. The Morgan fingerprint density at radius 1 is 1.17 bits per heavy atom. The second-order valence-corrected chi connectivity index (χ2v) is 6.87. The van der Waals surface area contributed by atoms with Gasteiger partial charge in [-0.2, -0.15) is 0 Å². The van der Waals surface area contributed by atoms with E-state index in [0.29, 0.717) is 5.75 Å². The molecule has 0 unspecified atom stereocenters. The van der Waals surface area contributed by atoms with Crippen LogP contribution in [0.2, 0.25) is 0 Å². The fraction of sp³-hybridized carbons (Fsp3) is 0.455. The summed E-state index contributed by atoms with van der Waals surface area (Å²) in [5.41, 5.74) is 0. The van der Waals surface area contributed by atoms with E-state index < -0.39 is 7.67 Å². The zero-order chi connectivity index (χ0) is 13.9. The van der Waals surface area contributed by atoms with E-state index in [4.69, 9.17) is 9.26 Å². The van der Waals surface area contributed by atoms with E-state index in [1.165, 1.54) is 28.6 Å². The Kier molecular flexibility index (Phi) is 4.62. The highest BCUT2D eigenvalue weighted by Gasteiger charge is 2.32. The van der Waals surface area contributed by atoms with Gasteiger partial charge in [-0.25, -0.2) is 13.9 Å². The van der Waals surface area contributed by atoms with Crippen molar-refractivity contribution in [1.82, 2.24) is 9.34 Å². The summed E-state index contributed by atoms with van der Waals surface area (Å²) in [7, 11) is 4.92. The molecule has 0 aromatic heterocycles. The molecule has 0 saturated heterocycles. The minimum atomic E-state index is -3.19. The van der Waals surface area contributed by atoms with Crippen molar-refractivity contribution in [1.29, 1.82) is 0 Å². The Morgan fingerprint density at radius 2 is 1.72 bits per heavy atom. The molecule has 102 valence electrons. The minimum absolute atomic E-state index is 0.0836. The van der Waals surface area contributed by atoms with Crippen LogP contribution in [0.4, 0.5) is 0 Å². The molecule has 6 nitrogen and oxygen atoms in total. The number of hydrogen-bond acceptors (Lipinski definition) is 4. The first kappa shape index (κ1) is 14.8. The fourth-order valence-electron chi connectivity index (χ4n) is 1.34. The van der Waals surface area contributed by atoms with E-state index in [9.17, 15) is 9.67 Å². The third-order valence-electron chi connectivity index (χ3n) is 2.40. The third kappa shape index (κ3) is 2.96. The maximum absolute atomic E-state index is 12.6. The molecule has 0 aliphatic rings. The lowest BCUT2D eigenvalue weighted by atomic mass is 10.3. The van der Waals surface area contributed by atoms with Crippen LogP contribution in [0, 0.1) is 0 Å². The number of aromatic hydroxyl groups is 1. The van der Waals surface area contributed by atoms with E-state index >= 15 is 0 Å². The quantitative estimate of drug-likeness (QED) is 0.829. The van der Waals surface area contributed by atoms with Crippen molar-refractivity contribution in [3.63, 3.8) is 0 Å². The molecule has 1 aromatic rings. The average molecular weight is 274 g/mol. The van der Waals surface area contributed by atoms with Gasteiger partial charge in [0.2, 0.25) is 0 Å². The van der Waals surface area contributed by atoms with Gasteiger partial charge < -0.3 is 14.4 Å². The van der Waals surface area contributed by atoms with E-state index in [0.717, 1.165) is 0 Å². The van der Waals surface area contributed by atoms with Crippen molar-refractivity contribution in [2.24, 2.45) is 0 Å². The standard InChI is InChI=1S/C11H19N2O4P/c1-12(2)18(15,13(3)4)17-11-8-9(16-5)6-7-10(11)14/h6-8,14H,1-5H3. The Labute approximate surface area is 107 Å². The highest BCUT2D eigenvalue weighted by molar-refractivity contribution is 7.54. The van der Waals surface area contributed by atoms with Crippen LogP contribution in [-0.4, -0.2) is 49.7 Å². The lowest BCUT2D eigenvalue weighted by Crippen LogP contribution is -2.24. The second kappa shape index (κ2) is 5.61. The highest BCUT2D eigenvalue weighted by Crippen LogP contribution is 2.52. The number of benzene rings is 1. The lowest BCUT2D eigenvalue weighted by Gasteiger charge is -2.29. The normalized spacial score (nSPS) is 11.9. The molecule has 0 spiro atoms. The average Bonchev–Trinajstić information content (AvgIpc) is 2.31. The second-order valence-electron chi connectivity index (χ2n) is 4.11. The number of phenolic OH excluding ortho intramolecular Hbond substituents is 1. The van der Waals surface area contributed by atoms with Crippen molar-refractivity contribution in [2.45, 2.75) is 0 Å². The van der Waals surface area contributed by atoms with Crippen LogP contribution in [0.25, 0.3) is 0 Å². The van der Waals surface area contributed by atoms with Gasteiger partial charge in [-0.1, -0.05) is 0 Å². The van der Waals surface area contributed by atoms with Gasteiger partial charge in [-0.15, -0.1) is 0 Å². The molecular weight excluding hydrogens is 255 g/mol. The number of nitrogens with zero attached hydrogens (tertiary/aromatic N) is 2. The first-order chi connectivity index (χ1) is 8.31. The molecule has 0 radical (unpaired) electrons.